The smallest absolute Gasteiger partial charge is 0.119 e. The monoisotopic (exact) mass is 267 g/mol. The van der Waals surface area contributed by atoms with E-state index in [2.05, 4.69) is 11.8 Å². The summed E-state index contributed by atoms with van der Waals surface area (Å²) in [5.41, 5.74) is 0. The van der Waals surface area contributed by atoms with Crippen molar-refractivity contribution < 1.29 is 14.6 Å². The maximum atomic E-state index is 8.81. The zero-order valence-corrected chi connectivity index (χ0v) is 12.0. The second-order valence-electron chi connectivity index (χ2n) is 4.26. The highest BCUT2D eigenvalue weighted by Gasteiger charge is 2.02. The topological polar surface area (TPSA) is 41.9 Å². The molecule has 0 aliphatic carbocycles. The third kappa shape index (κ3) is 6.45. The molecule has 108 valence electrons. The van der Waals surface area contributed by atoms with Crippen molar-refractivity contribution in [2.45, 2.75) is 20.3 Å². The lowest BCUT2D eigenvalue weighted by Gasteiger charge is -2.19. The molecule has 0 fully saturated rings. The zero-order chi connectivity index (χ0) is 13.9. The molecule has 1 rings (SSSR count). The molecule has 0 aromatic heterocycles. The lowest BCUT2D eigenvalue weighted by molar-refractivity contribution is 0.195. The average Bonchev–Trinajstić information content (AvgIpc) is 2.44. The Morgan fingerprint density at radius 3 is 2.16 bits per heavy atom. The van der Waals surface area contributed by atoms with Gasteiger partial charge in [-0.1, -0.05) is 6.92 Å². The first-order chi connectivity index (χ1) is 9.30. The van der Waals surface area contributed by atoms with Gasteiger partial charge in [-0.15, -0.1) is 0 Å². The molecule has 0 radical (unpaired) electrons. The predicted octanol–water partition coefficient (Wildman–Crippen LogP) is 2.17. The van der Waals surface area contributed by atoms with Crippen molar-refractivity contribution in [1.29, 1.82) is 0 Å². The van der Waals surface area contributed by atoms with Crippen molar-refractivity contribution in [1.82, 2.24) is 4.90 Å². The molecule has 0 atom stereocenters. The number of nitrogens with zero attached hydrogens (tertiary/aromatic N) is 1. The van der Waals surface area contributed by atoms with Gasteiger partial charge in [0.25, 0.3) is 0 Å². The maximum Gasteiger partial charge on any atom is 0.119 e. The van der Waals surface area contributed by atoms with Crippen molar-refractivity contribution >= 4 is 0 Å². The molecule has 0 aliphatic heterocycles. The van der Waals surface area contributed by atoms with Crippen molar-refractivity contribution in [3.8, 4) is 11.5 Å². The van der Waals surface area contributed by atoms with E-state index in [-0.39, 0.29) is 6.61 Å². The van der Waals surface area contributed by atoms with Crippen LogP contribution < -0.4 is 9.47 Å². The molecule has 0 unspecified atom stereocenters. The molecule has 4 heteroatoms. The Morgan fingerprint density at radius 1 is 1.00 bits per heavy atom. The van der Waals surface area contributed by atoms with Gasteiger partial charge in [0.15, 0.2) is 0 Å². The molecule has 0 heterocycles. The highest BCUT2D eigenvalue weighted by atomic mass is 16.5. The Labute approximate surface area is 115 Å². The number of aliphatic hydroxyl groups is 1. The summed E-state index contributed by atoms with van der Waals surface area (Å²) in [6.45, 7) is 8.44. The van der Waals surface area contributed by atoms with Crippen LogP contribution in [0.1, 0.15) is 20.3 Å². The molecule has 4 nitrogen and oxygen atoms in total. The number of hydrogen-bond donors (Lipinski definition) is 1. The average molecular weight is 267 g/mol. The summed E-state index contributed by atoms with van der Waals surface area (Å²) in [6, 6.07) is 7.69. The number of rotatable bonds is 10. The Morgan fingerprint density at radius 2 is 1.63 bits per heavy atom. The highest BCUT2D eigenvalue weighted by Crippen LogP contribution is 2.17. The van der Waals surface area contributed by atoms with E-state index in [1.807, 2.05) is 31.2 Å². The van der Waals surface area contributed by atoms with Gasteiger partial charge in [-0.25, -0.2) is 0 Å². The molecule has 0 saturated carbocycles. The first kappa shape index (κ1) is 15.8. The van der Waals surface area contributed by atoms with Crippen LogP contribution in [0, 0.1) is 0 Å². The standard InChI is InChI=1S/C15H25NO3/c1-3-16(10-5-12-17)11-13-19-15-8-6-14(7-9-15)18-4-2/h6-9,17H,3-5,10-13H2,1-2H3. The lowest BCUT2D eigenvalue weighted by Crippen LogP contribution is -2.29. The van der Waals surface area contributed by atoms with E-state index in [9.17, 15) is 0 Å². The molecule has 0 saturated heterocycles. The molecule has 19 heavy (non-hydrogen) atoms. The van der Waals surface area contributed by atoms with Crippen LogP contribution in [0.3, 0.4) is 0 Å². The summed E-state index contributed by atoms with van der Waals surface area (Å²) in [5, 5.41) is 8.81. The van der Waals surface area contributed by atoms with E-state index >= 15 is 0 Å². The van der Waals surface area contributed by atoms with Gasteiger partial charge in [0.2, 0.25) is 0 Å². The van der Waals surface area contributed by atoms with Gasteiger partial charge >= 0.3 is 0 Å². The van der Waals surface area contributed by atoms with E-state index in [1.54, 1.807) is 0 Å². The summed E-state index contributed by atoms with van der Waals surface area (Å²) in [5.74, 6) is 1.73. The van der Waals surface area contributed by atoms with Crippen molar-refractivity contribution in [3.63, 3.8) is 0 Å². The first-order valence-corrected chi connectivity index (χ1v) is 6.99. The largest absolute Gasteiger partial charge is 0.494 e. The summed E-state index contributed by atoms with van der Waals surface area (Å²) in [6.07, 6.45) is 0.816. The number of likely N-dealkylation sites (N-methyl/N-ethyl adjacent to an activating group) is 1. The summed E-state index contributed by atoms with van der Waals surface area (Å²) in [4.78, 5) is 2.27. The van der Waals surface area contributed by atoms with E-state index < -0.39 is 0 Å². The molecule has 0 spiro atoms. The first-order valence-electron chi connectivity index (χ1n) is 6.99. The molecule has 1 aromatic rings. The van der Waals surface area contributed by atoms with Crippen LogP contribution in [0.5, 0.6) is 11.5 Å². The Kier molecular flexibility index (Phi) is 8.02. The van der Waals surface area contributed by atoms with E-state index in [1.165, 1.54) is 0 Å². The van der Waals surface area contributed by atoms with Crippen molar-refractivity contribution in [2.24, 2.45) is 0 Å². The van der Waals surface area contributed by atoms with Crippen molar-refractivity contribution in [3.05, 3.63) is 24.3 Å². The van der Waals surface area contributed by atoms with Gasteiger partial charge in [0, 0.05) is 19.7 Å². The normalized spacial score (nSPS) is 10.7. The summed E-state index contributed by atoms with van der Waals surface area (Å²) in [7, 11) is 0. The lowest BCUT2D eigenvalue weighted by atomic mass is 10.3. The number of hydrogen-bond acceptors (Lipinski definition) is 4. The Bertz CT molecular complexity index is 327. The quantitative estimate of drug-likeness (QED) is 0.705. The van der Waals surface area contributed by atoms with Gasteiger partial charge in [0.05, 0.1) is 6.61 Å². The fourth-order valence-corrected chi connectivity index (χ4v) is 1.81. The number of benzene rings is 1. The molecule has 0 aliphatic rings. The fourth-order valence-electron chi connectivity index (χ4n) is 1.81. The van der Waals surface area contributed by atoms with Crippen LogP contribution in [-0.2, 0) is 0 Å². The molecule has 1 N–H and O–H groups in total. The second kappa shape index (κ2) is 9.64. The minimum Gasteiger partial charge on any atom is -0.494 e. The SMILES string of the molecule is CCOc1ccc(OCCN(CC)CCCO)cc1. The molecule has 0 bridgehead atoms. The van der Waals surface area contributed by atoms with Crippen LogP contribution >= 0.6 is 0 Å². The molecule has 0 amide bonds. The fraction of sp³-hybridized carbons (Fsp3) is 0.600. The van der Waals surface area contributed by atoms with Crippen LogP contribution in [0.4, 0.5) is 0 Å². The summed E-state index contributed by atoms with van der Waals surface area (Å²) >= 11 is 0. The highest BCUT2D eigenvalue weighted by molar-refractivity contribution is 5.31. The van der Waals surface area contributed by atoms with Crippen LogP contribution in [0.15, 0.2) is 24.3 Å². The van der Waals surface area contributed by atoms with Crippen LogP contribution in [-0.4, -0.2) is 49.5 Å². The Hall–Kier alpha value is -1.26. The van der Waals surface area contributed by atoms with E-state index in [0.29, 0.717) is 13.2 Å². The minimum absolute atomic E-state index is 0.246. The van der Waals surface area contributed by atoms with Gasteiger partial charge < -0.3 is 19.5 Å². The van der Waals surface area contributed by atoms with Crippen LogP contribution in [0.2, 0.25) is 0 Å². The molecular formula is C15H25NO3. The molecule has 1 aromatic carbocycles. The number of aliphatic hydroxyl groups excluding tert-OH is 1. The van der Waals surface area contributed by atoms with Gasteiger partial charge in [0.1, 0.15) is 18.1 Å². The van der Waals surface area contributed by atoms with Gasteiger partial charge in [-0.05, 0) is 44.2 Å². The van der Waals surface area contributed by atoms with E-state index in [0.717, 1.165) is 37.6 Å². The second-order valence-corrected chi connectivity index (χ2v) is 4.26. The minimum atomic E-state index is 0.246. The van der Waals surface area contributed by atoms with E-state index in [4.69, 9.17) is 14.6 Å². The molecular weight excluding hydrogens is 242 g/mol. The number of ether oxygens (including phenoxy) is 2. The Balaban J connectivity index is 2.27. The zero-order valence-electron chi connectivity index (χ0n) is 12.0. The predicted molar refractivity (Wildman–Crippen MR) is 76.9 cm³/mol. The summed E-state index contributed by atoms with van der Waals surface area (Å²) < 4.78 is 11.1. The van der Waals surface area contributed by atoms with Crippen LogP contribution in [0.25, 0.3) is 0 Å². The maximum absolute atomic E-state index is 8.81. The third-order valence-electron chi connectivity index (χ3n) is 2.89. The van der Waals surface area contributed by atoms with Gasteiger partial charge in [-0.3, -0.25) is 0 Å². The van der Waals surface area contributed by atoms with Crippen molar-refractivity contribution in [2.75, 3.05) is 39.5 Å². The van der Waals surface area contributed by atoms with Gasteiger partial charge in [-0.2, -0.15) is 0 Å². The third-order valence-corrected chi connectivity index (χ3v) is 2.89.